The zero-order valence-electron chi connectivity index (χ0n) is 10.4. The van der Waals surface area contributed by atoms with E-state index in [1.807, 2.05) is 6.92 Å². The number of methoxy groups -OCH3 is 1. The Kier molecular flexibility index (Phi) is 6.42. The molecule has 1 aliphatic rings. The predicted octanol–water partition coefficient (Wildman–Crippen LogP) is 0.917. The lowest BCUT2D eigenvalue weighted by Crippen LogP contribution is -2.31. The summed E-state index contributed by atoms with van der Waals surface area (Å²) in [7, 11) is 1.67. The molecule has 4 heteroatoms. The fourth-order valence-corrected chi connectivity index (χ4v) is 2.12. The van der Waals surface area contributed by atoms with Crippen LogP contribution >= 0.6 is 0 Å². The molecule has 2 atom stereocenters. The Morgan fingerprint density at radius 2 is 2.44 bits per heavy atom. The Bertz CT molecular complexity index is 203. The first-order valence-electron chi connectivity index (χ1n) is 6.21. The van der Waals surface area contributed by atoms with Crippen LogP contribution in [0, 0.1) is 5.92 Å². The highest BCUT2D eigenvalue weighted by Crippen LogP contribution is 2.07. The second kappa shape index (κ2) is 7.63. The molecule has 1 heterocycles. The molecule has 0 spiro atoms. The van der Waals surface area contributed by atoms with Crippen LogP contribution in [0.1, 0.15) is 32.6 Å². The van der Waals surface area contributed by atoms with Crippen molar-refractivity contribution >= 4 is 5.91 Å². The molecule has 0 aromatic heterocycles. The van der Waals surface area contributed by atoms with E-state index in [-0.39, 0.29) is 5.91 Å². The van der Waals surface area contributed by atoms with Crippen LogP contribution in [0.4, 0.5) is 0 Å². The number of ether oxygens (including phenoxy) is 1. The fraction of sp³-hybridized carbons (Fsp3) is 0.917. The van der Waals surface area contributed by atoms with Gasteiger partial charge in [0.15, 0.2) is 0 Å². The van der Waals surface area contributed by atoms with Crippen molar-refractivity contribution in [1.82, 2.24) is 10.6 Å². The van der Waals surface area contributed by atoms with Crippen LogP contribution in [0.15, 0.2) is 0 Å². The van der Waals surface area contributed by atoms with E-state index in [0.29, 0.717) is 25.0 Å². The van der Waals surface area contributed by atoms with Gasteiger partial charge in [-0.3, -0.25) is 4.79 Å². The first-order valence-corrected chi connectivity index (χ1v) is 6.21. The third-order valence-corrected chi connectivity index (χ3v) is 2.96. The van der Waals surface area contributed by atoms with Crippen molar-refractivity contribution < 1.29 is 9.53 Å². The van der Waals surface area contributed by atoms with Gasteiger partial charge in [0.2, 0.25) is 5.91 Å². The van der Waals surface area contributed by atoms with Crippen LogP contribution in [0.25, 0.3) is 0 Å². The first kappa shape index (κ1) is 13.5. The summed E-state index contributed by atoms with van der Waals surface area (Å²) in [5, 5.41) is 6.38. The number of nitrogens with one attached hydrogen (secondary N) is 2. The summed E-state index contributed by atoms with van der Waals surface area (Å²) in [5.74, 6) is 0.442. The molecule has 1 fully saturated rings. The van der Waals surface area contributed by atoms with Crippen LogP contribution < -0.4 is 10.6 Å². The Balaban J connectivity index is 2.01. The van der Waals surface area contributed by atoms with Gasteiger partial charge >= 0.3 is 0 Å². The van der Waals surface area contributed by atoms with Crippen molar-refractivity contribution in [2.24, 2.45) is 5.92 Å². The average molecular weight is 228 g/mol. The molecule has 0 saturated carbocycles. The molecule has 1 unspecified atom stereocenters. The Morgan fingerprint density at radius 3 is 3.06 bits per heavy atom. The lowest BCUT2D eigenvalue weighted by atomic mass is 10.1. The lowest BCUT2D eigenvalue weighted by molar-refractivity contribution is -0.122. The molecule has 0 bridgehead atoms. The zero-order chi connectivity index (χ0) is 11.8. The van der Waals surface area contributed by atoms with Crippen molar-refractivity contribution in [2.45, 2.75) is 38.6 Å². The Morgan fingerprint density at radius 1 is 1.62 bits per heavy atom. The number of hydrogen-bond donors (Lipinski definition) is 2. The van der Waals surface area contributed by atoms with E-state index < -0.39 is 0 Å². The minimum atomic E-state index is 0.141. The molecule has 4 nitrogen and oxygen atoms in total. The maximum Gasteiger partial charge on any atom is 0.220 e. The summed E-state index contributed by atoms with van der Waals surface area (Å²) in [4.78, 5) is 11.5. The molecule has 1 amide bonds. The molecule has 16 heavy (non-hydrogen) atoms. The third kappa shape index (κ3) is 5.47. The number of carbonyl (C=O) groups excluding carboxylic acids is 1. The van der Waals surface area contributed by atoms with E-state index in [2.05, 4.69) is 10.6 Å². The highest BCUT2D eigenvalue weighted by molar-refractivity contribution is 5.76. The van der Waals surface area contributed by atoms with Crippen molar-refractivity contribution in [3.05, 3.63) is 0 Å². The Hall–Kier alpha value is -0.610. The summed E-state index contributed by atoms with van der Waals surface area (Å²) >= 11 is 0. The highest BCUT2D eigenvalue weighted by Gasteiger charge is 2.14. The SMILES string of the molecule is COCC(C)CC(=O)NCC[C@H]1CCCN1. The van der Waals surface area contributed by atoms with E-state index in [1.165, 1.54) is 12.8 Å². The van der Waals surface area contributed by atoms with Gasteiger partial charge in [0.1, 0.15) is 0 Å². The summed E-state index contributed by atoms with van der Waals surface area (Å²) in [6.07, 6.45) is 4.12. The first-order chi connectivity index (χ1) is 7.72. The topological polar surface area (TPSA) is 50.4 Å². The van der Waals surface area contributed by atoms with Gasteiger partial charge in [-0.05, 0) is 31.7 Å². The molecule has 0 aromatic carbocycles. The van der Waals surface area contributed by atoms with E-state index in [1.54, 1.807) is 7.11 Å². The quantitative estimate of drug-likeness (QED) is 0.681. The molecule has 0 aliphatic carbocycles. The van der Waals surface area contributed by atoms with Gasteiger partial charge in [-0.15, -0.1) is 0 Å². The molecule has 0 aromatic rings. The number of hydrogen-bond acceptors (Lipinski definition) is 3. The van der Waals surface area contributed by atoms with Crippen LogP contribution in [0.2, 0.25) is 0 Å². The van der Waals surface area contributed by atoms with Crippen LogP contribution in [-0.4, -0.2) is 38.8 Å². The number of carbonyl (C=O) groups is 1. The van der Waals surface area contributed by atoms with Crippen LogP contribution in [0.5, 0.6) is 0 Å². The number of amides is 1. The standard InChI is InChI=1S/C12H24N2O2/c1-10(9-16-2)8-12(15)14-7-5-11-4-3-6-13-11/h10-11,13H,3-9H2,1-2H3,(H,14,15)/t10?,11-/m1/s1. The van der Waals surface area contributed by atoms with Gasteiger partial charge in [-0.1, -0.05) is 6.92 Å². The third-order valence-electron chi connectivity index (χ3n) is 2.96. The minimum absolute atomic E-state index is 0.141. The Labute approximate surface area is 98.1 Å². The fourth-order valence-electron chi connectivity index (χ4n) is 2.12. The van der Waals surface area contributed by atoms with Gasteiger partial charge < -0.3 is 15.4 Å². The largest absolute Gasteiger partial charge is 0.384 e. The van der Waals surface area contributed by atoms with Gasteiger partial charge in [-0.2, -0.15) is 0 Å². The van der Waals surface area contributed by atoms with E-state index >= 15 is 0 Å². The molecule has 0 radical (unpaired) electrons. The molecule has 1 aliphatic heterocycles. The zero-order valence-corrected chi connectivity index (χ0v) is 10.4. The van der Waals surface area contributed by atoms with Gasteiger partial charge in [0, 0.05) is 32.7 Å². The monoisotopic (exact) mass is 228 g/mol. The van der Waals surface area contributed by atoms with Crippen LogP contribution in [0.3, 0.4) is 0 Å². The molecule has 94 valence electrons. The van der Waals surface area contributed by atoms with Crippen molar-refractivity contribution in [2.75, 3.05) is 26.8 Å². The summed E-state index contributed by atoms with van der Waals surface area (Å²) in [5.41, 5.74) is 0. The predicted molar refractivity (Wildman–Crippen MR) is 64.3 cm³/mol. The van der Waals surface area contributed by atoms with E-state index in [0.717, 1.165) is 19.5 Å². The van der Waals surface area contributed by atoms with Crippen LogP contribution in [-0.2, 0) is 9.53 Å². The van der Waals surface area contributed by atoms with E-state index in [4.69, 9.17) is 4.74 Å². The lowest BCUT2D eigenvalue weighted by Gasteiger charge is -2.12. The summed E-state index contributed by atoms with van der Waals surface area (Å²) in [6.45, 7) is 4.60. The highest BCUT2D eigenvalue weighted by atomic mass is 16.5. The molecular weight excluding hydrogens is 204 g/mol. The van der Waals surface area contributed by atoms with E-state index in [9.17, 15) is 4.79 Å². The maximum atomic E-state index is 11.5. The molecular formula is C12H24N2O2. The smallest absolute Gasteiger partial charge is 0.220 e. The summed E-state index contributed by atoms with van der Waals surface area (Å²) in [6, 6.07) is 0.608. The van der Waals surface area contributed by atoms with Crippen molar-refractivity contribution in [1.29, 1.82) is 0 Å². The summed E-state index contributed by atoms with van der Waals surface area (Å²) < 4.78 is 5.00. The van der Waals surface area contributed by atoms with Crippen molar-refractivity contribution in [3.63, 3.8) is 0 Å². The van der Waals surface area contributed by atoms with Gasteiger partial charge in [-0.25, -0.2) is 0 Å². The van der Waals surface area contributed by atoms with Gasteiger partial charge in [0.05, 0.1) is 0 Å². The number of rotatable bonds is 7. The molecule has 2 N–H and O–H groups in total. The second-order valence-electron chi connectivity index (χ2n) is 4.70. The second-order valence-corrected chi connectivity index (χ2v) is 4.70. The average Bonchev–Trinajstić information content (AvgIpc) is 2.70. The minimum Gasteiger partial charge on any atom is -0.384 e. The van der Waals surface area contributed by atoms with Crippen molar-refractivity contribution in [3.8, 4) is 0 Å². The van der Waals surface area contributed by atoms with Gasteiger partial charge in [0.25, 0.3) is 0 Å². The normalized spacial score (nSPS) is 22.0. The molecule has 1 saturated heterocycles. The maximum absolute atomic E-state index is 11.5. The molecule has 1 rings (SSSR count).